The van der Waals surface area contributed by atoms with Crippen molar-refractivity contribution in [3.63, 3.8) is 0 Å². The average molecular weight is 192 g/mol. The highest BCUT2D eigenvalue weighted by molar-refractivity contribution is 5.81. The molecule has 1 aromatic rings. The third kappa shape index (κ3) is 1.51. The van der Waals surface area contributed by atoms with Crippen molar-refractivity contribution in [2.75, 3.05) is 0 Å². The summed E-state index contributed by atoms with van der Waals surface area (Å²) < 4.78 is 5.07. The molecule has 1 heterocycles. The number of esters is 1. The first-order valence-electron chi connectivity index (χ1n) is 4.58. The van der Waals surface area contributed by atoms with E-state index in [4.69, 9.17) is 4.74 Å². The standard InChI is InChI=1S/C11H12O3/c1-11(13)7-9(14-10(11)12)8-5-3-2-4-6-8/h2-6,9,13H,7H2,1H3. The Morgan fingerprint density at radius 3 is 2.57 bits per heavy atom. The minimum absolute atomic E-state index is 0.307. The lowest BCUT2D eigenvalue weighted by Crippen LogP contribution is -2.29. The molecule has 1 aliphatic heterocycles. The van der Waals surface area contributed by atoms with Crippen LogP contribution in [0.2, 0.25) is 0 Å². The van der Waals surface area contributed by atoms with Gasteiger partial charge >= 0.3 is 5.97 Å². The maximum absolute atomic E-state index is 11.2. The van der Waals surface area contributed by atoms with Crippen LogP contribution in [0, 0.1) is 0 Å². The zero-order valence-electron chi connectivity index (χ0n) is 7.93. The lowest BCUT2D eigenvalue weighted by Gasteiger charge is -2.09. The van der Waals surface area contributed by atoms with E-state index in [0.29, 0.717) is 6.42 Å². The average Bonchev–Trinajstić information content (AvgIpc) is 2.43. The summed E-state index contributed by atoms with van der Waals surface area (Å²) in [5, 5.41) is 9.62. The van der Waals surface area contributed by atoms with Crippen LogP contribution in [0.3, 0.4) is 0 Å². The summed E-state index contributed by atoms with van der Waals surface area (Å²) in [6, 6.07) is 9.45. The van der Waals surface area contributed by atoms with Gasteiger partial charge in [-0.2, -0.15) is 0 Å². The van der Waals surface area contributed by atoms with Crippen molar-refractivity contribution in [3.05, 3.63) is 35.9 Å². The van der Waals surface area contributed by atoms with Gasteiger partial charge < -0.3 is 9.84 Å². The molecule has 0 aliphatic carbocycles. The van der Waals surface area contributed by atoms with Crippen LogP contribution in [0.25, 0.3) is 0 Å². The molecule has 2 unspecified atom stereocenters. The molecular weight excluding hydrogens is 180 g/mol. The summed E-state index contributed by atoms with van der Waals surface area (Å²) in [4.78, 5) is 11.2. The lowest BCUT2D eigenvalue weighted by atomic mass is 9.98. The van der Waals surface area contributed by atoms with Gasteiger partial charge in [0.25, 0.3) is 0 Å². The van der Waals surface area contributed by atoms with Crippen LogP contribution < -0.4 is 0 Å². The second kappa shape index (κ2) is 3.10. The molecule has 1 fully saturated rings. The van der Waals surface area contributed by atoms with Crippen LogP contribution in [0.1, 0.15) is 25.0 Å². The van der Waals surface area contributed by atoms with Crippen molar-refractivity contribution < 1.29 is 14.6 Å². The number of hydrogen-bond donors (Lipinski definition) is 1. The number of carbonyl (C=O) groups excluding carboxylic acids is 1. The number of rotatable bonds is 1. The number of ether oxygens (including phenoxy) is 1. The smallest absolute Gasteiger partial charge is 0.338 e. The minimum atomic E-state index is -1.33. The van der Waals surface area contributed by atoms with Gasteiger partial charge in [-0.15, -0.1) is 0 Å². The Bertz CT molecular complexity index is 343. The molecule has 0 saturated carbocycles. The van der Waals surface area contributed by atoms with Crippen molar-refractivity contribution in [1.29, 1.82) is 0 Å². The predicted molar refractivity (Wildman–Crippen MR) is 50.5 cm³/mol. The molecule has 2 atom stereocenters. The first-order chi connectivity index (χ1) is 6.59. The Labute approximate surface area is 82.3 Å². The summed E-state index contributed by atoms with van der Waals surface area (Å²) in [6.45, 7) is 1.48. The highest BCUT2D eigenvalue weighted by Gasteiger charge is 2.44. The molecule has 3 nitrogen and oxygen atoms in total. The van der Waals surface area contributed by atoms with Gasteiger partial charge in [0, 0.05) is 6.42 Å². The van der Waals surface area contributed by atoms with Crippen LogP contribution in [-0.2, 0) is 9.53 Å². The van der Waals surface area contributed by atoms with Gasteiger partial charge in [0.05, 0.1) is 0 Å². The van der Waals surface area contributed by atoms with Gasteiger partial charge in [0.2, 0.25) is 0 Å². The zero-order valence-corrected chi connectivity index (χ0v) is 7.93. The number of hydrogen-bond acceptors (Lipinski definition) is 3. The molecule has 14 heavy (non-hydrogen) atoms. The molecule has 0 amide bonds. The topological polar surface area (TPSA) is 46.5 Å². The number of carbonyl (C=O) groups is 1. The summed E-state index contributed by atoms with van der Waals surface area (Å²) in [5.41, 5.74) is -0.404. The van der Waals surface area contributed by atoms with E-state index in [1.807, 2.05) is 30.3 Å². The highest BCUT2D eigenvalue weighted by atomic mass is 16.6. The Kier molecular flexibility index (Phi) is 2.04. The largest absolute Gasteiger partial charge is 0.455 e. The van der Waals surface area contributed by atoms with E-state index in [9.17, 15) is 9.90 Å². The summed E-state index contributed by atoms with van der Waals surface area (Å²) in [7, 11) is 0. The minimum Gasteiger partial charge on any atom is -0.455 e. The maximum Gasteiger partial charge on any atom is 0.338 e. The predicted octanol–water partition coefficient (Wildman–Crippen LogP) is 1.43. The number of cyclic esters (lactones) is 1. The molecule has 3 heteroatoms. The van der Waals surface area contributed by atoms with Gasteiger partial charge in [-0.25, -0.2) is 4.79 Å². The van der Waals surface area contributed by atoms with Crippen LogP contribution in [0.5, 0.6) is 0 Å². The SMILES string of the molecule is CC1(O)CC(c2ccccc2)OC1=O. The molecule has 1 N–H and O–H groups in total. The van der Waals surface area contributed by atoms with Crippen LogP contribution >= 0.6 is 0 Å². The van der Waals surface area contributed by atoms with E-state index >= 15 is 0 Å². The molecule has 2 rings (SSSR count). The van der Waals surface area contributed by atoms with E-state index in [-0.39, 0.29) is 6.10 Å². The van der Waals surface area contributed by atoms with Crippen molar-refractivity contribution in [2.45, 2.75) is 25.0 Å². The van der Waals surface area contributed by atoms with Crippen molar-refractivity contribution >= 4 is 5.97 Å². The molecule has 74 valence electrons. The highest BCUT2D eigenvalue weighted by Crippen LogP contribution is 2.35. The Morgan fingerprint density at radius 2 is 2.07 bits per heavy atom. The van der Waals surface area contributed by atoms with Crippen molar-refractivity contribution in [2.24, 2.45) is 0 Å². The summed E-state index contributed by atoms with van der Waals surface area (Å²) in [5.74, 6) is -0.536. The van der Waals surface area contributed by atoms with Crippen LogP contribution in [0.15, 0.2) is 30.3 Å². The molecule has 1 saturated heterocycles. The second-order valence-corrected chi connectivity index (χ2v) is 3.78. The van der Waals surface area contributed by atoms with E-state index in [2.05, 4.69) is 0 Å². The van der Waals surface area contributed by atoms with Gasteiger partial charge in [-0.05, 0) is 12.5 Å². The third-order valence-corrected chi connectivity index (χ3v) is 2.44. The fourth-order valence-corrected chi connectivity index (χ4v) is 1.60. The first-order valence-corrected chi connectivity index (χ1v) is 4.58. The zero-order chi connectivity index (χ0) is 10.2. The molecule has 0 bridgehead atoms. The van der Waals surface area contributed by atoms with Gasteiger partial charge in [-0.3, -0.25) is 0 Å². The van der Waals surface area contributed by atoms with Gasteiger partial charge in [-0.1, -0.05) is 30.3 Å². The summed E-state index contributed by atoms with van der Waals surface area (Å²) >= 11 is 0. The second-order valence-electron chi connectivity index (χ2n) is 3.78. The monoisotopic (exact) mass is 192 g/mol. The van der Waals surface area contributed by atoms with Crippen LogP contribution in [-0.4, -0.2) is 16.7 Å². The fraction of sp³-hybridized carbons (Fsp3) is 0.364. The Hall–Kier alpha value is -1.35. The van der Waals surface area contributed by atoms with Crippen LogP contribution in [0.4, 0.5) is 0 Å². The van der Waals surface area contributed by atoms with Crippen molar-refractivity contribution in [1.82, 2.24) is 0 Å². The number of benzene rings is 1. The van der Waals surface area contributed by atoms with E-state index in [1.54, 1.807) is 0 Å². The van der Waals surface area contributed by atoms with Gasteiger partial charge in [0.1, 0.15) is 6.10 Å². The summed E-state index contributed by atoms with van der Waals surface area (Å²) in [6.07, 6.45) is 0.0225. The lowest BCUT2D eigenvalue weighted by molar-refractivity contribution is -0.153. The first kappa shape index (κ1) is 9.21. The van der Waals surface area contributed by atoms with Crippen molar-refractivity contribution in [3.8, 4) is 0 Å². The molecule has 0 aromatic heterocycles. The third-order valence-electron chi connectivity index (χ3n) is 2.44. The molecule has 0 spiro atoms. The molecule has 1 aliphatic rings. The van der Waals surface area contributed by atoms with E-state index < -0.39 is 11.6 Å². The maximum atomic E-state index is 11.2. The molecular formula is C11H12O3. The Morgan fingerprint density at radius 1 is 1.43 bits per heavy atom. The normalized spacial score (nSPS) is 31.6. The molecule has 1 aromatic carbocycles. The molecule has 0 radical (unpaired) electrons. The van der Waals surface area contributed by atoms with E-state index in [1.165, 1.54) is 6.92 Å². The quantitative estimate of drug-likeness (QED) is 0.684. The van der Waals surface area contributed by atoms with E-state index in [0.717, 1.165) is 5.56 Å². The number of aliphatic hydroxyl groups is 1. The Balaban J connectivity index is 2.21. The fourth-order valence-electron chi connectivity index (χ4n) is 1.60. The van der Waals surface area contributed by atoms with Gasteiger partial charge in [0.15, 0.2) is 5.60 Å².